The first-order valence-corrected chi connectivity index (χ1v) is 6.82. The molecule has 110 valence electrons. The maximum Gasteiger partial charge on any atom is 0.125 e. The van der Waals surface area contributed by atoms with Gasteiger partial charge in [-0.3, -0.25) is 0 Å². The molecule has 0 saturated heterocycles. The average molecular weight is 262 g/mol. The molecule has 0 aliphatic carbocycles. The molecule has 0 saturated carbocycles. The lowest BCUT2D eigenvalue weighted by molar-refractivity contribution is 0.0755. The van der Waals surface area contributed by atoms with Crippen molar-refractivity contribution in [1.29, 1.82) is 0 Å². The average Bonchev–Trinajstić information content (AvgIpc) is 2.13. The number of rotatable bonds is 8. The molecular weight excluding hydrogens is 231 g/mol. The van der Waals surface area contributed by atoms with Gasteiger partial charge in [-0.2, -0.15) is 0 Å². The Hall–Kier alpha value is -0.190. The normalized spacial score (nSPS) is 14.8. The van der Waals surface area contributed by atoms with E-state index in [-0.39, 0.29) is 17.7 Å². The van der Waals surface area contributed by atoms with E-state index in [4.69, 9.17) is 4.74 Å². The second kappa shape index (κ2) is 8.08. The number of ether oxygens (including phenoxy) is 1. The number of halogens is 1. The molecular formula is C14H31FN2O. The molecule has 0 aromatic heterocycles. The minimum atomic E-state index is -0.880. The Morgan fingerprint density at radius 2 is 1.44 bits per heavy atom. The summed E-state index contributed by atoms with van der Waals surface area (Å²) in [6.07, 6.45) is -0.376. The van der Waals surface area contributed by atoms with Crippen LogP contribution in [0.1, 0.15) is 48.0 Å². The quantitative estimate of drug-likeness (QED) is 0.659. The van der Waals surface area contributed by atoms with Gasteiger partial charge in [-0.25, -0.2) is 4.39 Å². The summed E-state index contributed by atoms with van der Waals surface area (Å²) in [4.78, 5) is 0. The van der Waals surface area contributed by atoms with Crippen molar-refractivity contribution < 1.29 is 9.13 Å². The fourth-order valence-corrected chi connectivity index (χ4v) is 1.40. The lowest BCUT2D eigenvalue weighted by Crippen LogP contribution is -2.38. The van der Waals surface area contributed by atoms with Gasteiger partial charge < -0.3 is 15.4 Å². The Balaban J connectivity index is 3.40. The highest BCUT2D eigenvalue weighted by Gasteiger charge is 2.12. The van der Waals surface area contributed by atoms with E-state index in [2.05, 4.69) is 52.2 Å². The molecule has 0 aliphatic rings. The van der Waals surface area contributed by atoms with Crippen LogP contribution in [0.3, 0.4) is 0 Å². The van der Waals surface area contributed by atoms with Crippen LogP contribution in [0, 0.1) is 0 Å². The van der Waals surface area contributed by atoms with Crippen molar-refractivity contribution in [3.8, 4) is 0 Å². The molecule has 18 heavy (non-hydrogen) atoms. The maximum absolute atomic E-state index is 13.5. The van der Waals surface area contributed by atoms with Crippen LogP contribution in [0.15, 0.2) is 0 Å². The SMILES string of the molecule is CC(C)(C)NCCOCC(F)CCNC(C)(C)C. The predicted molar refractivity (Wildman–Crippen MR) is 75.8 cm³/mol. The minimum absolute atomic E-state index is 0.0528. The van der Waals surface area contributed by atoms with Crippen LogP contribution < -0.4 is 10.6 Å². The van der Waals surface area contributed by atoms with Gasteiger partial charge in [-0.05, 0) is 54.5 Å². The third kappa shape index (κ3) is 13.9. The van der Waals surface area contributed by atoms with Gasteiger partial charge in [0.05, 0.1) is 13.2 Å². The zero-order valence-electron chi connectivity index (χ0n) is 12.9. The number of nitrogens with one attached hydrogen (secondary N) is 2. The number of alkyl halides is 1. The highest BCUT2D eigenvalue weighted by molar-refractivity contribution is 4.71. The summed E-state index contributed by atoms with van der Waals surface area (Å²) in [6.45, 7) is 14.7. The van der Waals surface area contributed by atoms with Gasteiger partial charge in [-0.15, -0.1) is 0 Å². The third-order valence-electron chi connectivity index (χ3n) is 2.31. The summed E-state index contributed by atoms with van der Waals surface area (Å²) in [6, 6.07) is 0. The van der Waals surface area contributed by atoms with Crippen molar-refractivity contribution in [3.63, 3.8) is 0 Å². The van der Waals surface area contributed by atoms with E-state index in [1.54, 1.807) is 0 Å². The van der Waals surface area contributed by atoms with Crippen LogP contribution in [0.25, 0.3) is 0 Å². The van der Waals surface area contributed by atoms with Crippen molar-refractivity contribution in [2.45, 2.75) is 65.2 Å². The lowest BCUT2D eigenvalue weighted by atomic mass is 10.1. The zero-order chi connectivity index (χ0) is 14.2. The molecule has 3 nitrogen and oxygen atoms in total. The highest BCUT2D eigenvalue weighted by Crippen LogP contribution is 2.02. The maximum atomic E-state index is 13.5. The molecule has 0 radical (unpaired) electrons. The Labute approximate surface area is 112 Å². The predicted octanol–water partition coefficient (Wildman–Crippen LogP) is 2.51. The molecule has 0 amide bonds. The van der Waals surface area contributed by atoms with Crippen molar-refractivity contribution in [1.82, 2.24) is 10.6 Å². The first-order chi connectivity index (χ1) is 8.10. The molecule has 4 heteroatoms. The van der Waals surface area contributed by atoms with E-state index < -0.39 is 6.17 Å². The Bertz CT molecular complexity index is 209. The topological polar surface area (TPSA) is 33.3 Å². The lowest BCUT2D eigenvalue weighted by Gasteiger charge is -2.21. The minimum Gasteiger partial charge on any atom is -0.377 e. The van der Waals surface area contributed by atoms with Gasteiger partial charge in [0.25, 0.3) is 0 Å². The Morgan fingerprint density at radius 3 is 1.94 bits per heavy atom. The van der Waals surface area contributed by atoms with Crippen LogP contribution >= 0.6 is 0 Å². The van der Waals surface area contributed by atoms with Crippen LogP contribution in [0.5, 0.6) is 0 Å². The van der Waals surface area contributed by atoms with Crippen LogP contribution in [-0.2, 0) is 4.74 Å². The molecule has 0 heterocycles. The van der Waals surface area contributed by atoms with Crippen molar-refractivity contribution in [3.05, 3.63) is 0 Å². The van der Waals surface area contributed by atoms with Crippen LogP contribution in [0.2, 0.25) is 0 Å². The molecule has 0 aliphatic heterocycles. The molecule has 2 N–H and O–H groups in total. The molecule has 0 rings (SSSR count). The standard InChI is InChI=1S/C14H31FN2O/c1-13(2,3)16-8-7-12(15)11-18-10-9-17-14(4,5)6/h12,16-17H,7-11H2,1-6H3. The van der Waals surface area contributed by atoms with Gasteiger partial charge in [0.15, 0.2) is 0 Å². The fourth-order valence-electron chi connectivity index (χ4n) is 1.40. The largest absolute Gasteiger partial charge is 0.377 e. The van der Waals surface area contributed by atoms with Gasteiger partial charge in [0, 0.05) is 17.6 Å². The Kier molecular flexibility index (Phi) is 7.99. The third-order valence-corrected chi connectivity index (χ3v) is 2.31. The molecule has 0 spiro atoms. The molecule has 0 bridgehead atoms. The van der Waals surface area contributed by atoms with Crippen molar-refractivity contribution in [2.24, 2.45) is 0 Å². The molecule has 1 unspecified atom stereocenters. The molecule has 1 atom stereocenters. The molecule has 0 aromatic carbocycles. The van der Waals surface area contributed by atoms with E-state index in [0.29, 0.717) is 19.6 Å². The van der Waals surface area contributed by atoms with Crippen LogP contribution in [-0.4, -0.2) is 43.6 Å². The zero-order valence-corrected chi connectivity index (χ0v) is 12.9. The van der Waals surface area contributed by atoms with E-state index in [1.807, 2.05) is 0 Å². The number of hydrogen-bond acceptors (Lipinski definition) is 3. The second-order valence-electron chi connectivity index (χ2n) is 6.81. The van der Waals surface area contributed by atoms with Crippen molar-refractivity contribution >= 4 is 0 Å². The molecule has 0 aromatic rings. The first kappa shape index (κ1) is 17.8. The first-order valence-electron chi connectivity index (χ1n) is 6.82. The van der Waals surface area contributed by atoms with Gasteiger partial charge >= 0.3 is 0 Å². The van der Waals surface area contributed by atoms with E-state index in [1.165, 1.54) is 0 Å². The van der Waals surface area contributed by atoms with E-state index in [0.717, 1.165) is 6.54 Å². The Morgan fingerprint density at radius 1 is 0.944 bits per heavy atom. The monoisotopic (exact) mass is 262 g/mol. The number of hydrogen-bond donors (Lipinski definition) is 2. The smallest absolute Gasteiger partial charge is 0.125 e. The van der Waals surface area contributed by atoms with Crippen molar-refractivity contribution in [2.75, 3.05) is 26.3 Å². The summed E-state index contributed by atoms with van der Waals surface area (Å²) in [5.74, 6) is 0. The van der Waals surface area contributed by atoms with Gasteiger partial charge in [0.2, 0.25) is 0 Å². The van der Waals surface area contributed by atoms with Crippen LogP contribution in [0.4, 0.5) is 4.39 Å². The summed E-state index contributed by atoms with van der Waals surface area (Å²) >= 11 is 0. The summed E-state index contributed by atoms with van der Waals surface area (Å²) in [7, 11) is 0. The highest BCUT2D eigenvalue weighted by atomic mass is 19.1. The van der Waals surface area contributed by atoms with Gasteiger partial charge in [-0.1, -0.05) is 0 Å². The van der Waals surface area contributed by atoms with Gasteiger partial charge in [0.1, 0.15) is 6.17 Å². The second-order valence-corrected chi connectivity index (χ2v) is 6.81. The van der Waals surface area contributed by atoms with E-state index >= 15 is 0 Å². The summed E-state index contributed by atoms with van der Waals surface area (Å²) in [5, 5.41) is 6.57. The molecule has 0 fully saturated rings. The summed E-state index contributed by atoms with van der Waals surface area (Å²) < 4.78 is 18.8. The fraction of sp³-hybridized carbons (Fsp3) is 1.00. The van der Waals surface area contributed by atoms with E-state index in [9.17, 15) is 4.39 Å². The summed E-state index contributed by atoms with van der Waals surface area (Å²) in [5.41, 5.74) is 0.145.